The van der Waals surface area contributed by atoms with Gasteiger partial charge in [-0.2, -0.15) is 0 Å². The maximum absolute atomic E-state index is 13.4. The molecule has 0 atom stereocenters. The van der Waals surface area contributed by atoms with E-state index in [4.69, 9.17) is 9.62 Å². The average molecular weight is 438 g/mol. The van der Waals surface area contributed by atoms with E-state index in [9.17, 15) is 9.18 Å². The summed E-state index contributed by atoms with van der Waals surface area (Å²) in [6.45, 7) is 14.1. The summed E-state index contributed by atoms with van der Waals surface area (Å²) in [6, 6.07) is 11.3. The van der Waals surface area contributed by atoms with Crippen LogP contribution >= 0.6 is 0 Å². The van der Waals surface area contributed by atoms with Crippen LogP contribution in [0, 0.1) is 5.82 Å². The Hall–Kier alpha value is -3.84. The van der Waals surface area contributed by atoms with Crippen LogP contribution in [0.2, 0.25) is 0 Å². The molecule has 1 amide bonds. The largest absolute Gasteiger partial charge is 0.454 e. The monoisotopic (exact) mass is 437 g/mol. The first-order valence-electron chi connectivity index (χ1n) is 10.2. The molecule has 32 heavy (non-hydrogen) atoms. The molecule has 0 aliphatic rings. The lowest BCUT2D eigenvalue weighted by molar-refractivity contribution is 0.0674. The van der Waals surface area contributed by atoms with Crippen LogP contribution < -0.4 is 10.8 Å². The van der Waals surface area contributed by atoms with E-state index in [2.05, 4.69) is 23.5 Å². The van der Waals surface area contributed by atoms with Crippen molar-refractivity contribution in [2.24, 2.45) is 0 Å². The maximum Gasteiger partial charge on any atom is 0.310 e. The number of carbonyl (C=O) groups is 1. The van der Waals surface area contributed by atoms with Gasteiger partial charge in [0.25, 0.3) is 0 Å². The molecule has 0 radical (unpaired) electrons. The van der Waals surface area contributed by atoms with Gasteiger partial charge in [0.15, 0.2) is 5.76 Å². The van der Waals surface area contributed by atoms with E-state index in [1.54, 1.807) is 24.3 Å². The number of hydrogen-bond donors (Lipinski definition) is 4. The molecular weight excluding hydrogens is 409 g/mol. The molecule has 4 N–H and O–H groups in total. The number of aromatic amines is 1. The summed E-state index contributed by atoms with van der Waals surface area (Å²) < 4.78 is 18.8. The number of rotatable bonds is 8. The fourth-order valence-electron chi connectivity index (χ4n) is 2.96. The van der Waals surface area contributed by atoms with E-state index in [0.717, 1.165) is 28.1 Å². The Morgan fingerprint density at radius 1 is 1.22 bits per heavy atom. The Morgan fingerprint density at radius 2 is 1.91 bits per heavy atom. The Balaban J connectivity index is 0.00000176. The minimum atomic E-state index is -0.725. The second-order valence-electron chi connectivity index (χ2n) is 6.60. The van der Waals surface area contributed by atoms with Crippen molar-refractivity contribution in [3.05, 3.63) is 96.5 Å². The predicted octanol–water partition coefficient (Wildman–Crippen LogP) is 5.91. The summed E-state index contributed by atoms with van der Waals surface area (Å²) in [7, 11) is 0. The third-order valence-electron chi connectivity index (χ3n) is 4.53. The Kier molecular flexibility index (Phi) is 8.80. The third-order valence-corrected chi connectivity index (χ3v) is 4.53. The zero-order chi connectivity index (χ0) is 23.7. The van der Waals surface area contributed by atoms with Crippen LogP contribution in [0.25, 0.3) is 22.4 Å². The minimum absolute atomic E-state index is 0.000685. The molecule has 3 aromatic rings. The average Bonchev–Trinajstić information content (AvgIpc) is 3.47. The molecule has 1 aromatic carbocycles. The molecule has 168 valence electrons. The molecule has 0 fully saturated rings. The van der Waals surface area contributed by atoms with Gasteiger partial charge in [-0.1, -0.05) is 51.3 Å². The van der Waals surface area contributed by atoms with Crippen LogP contribution in [-0.2, 0) is 6.54 Å². The van der Waals surface area contributed by atoms with Gasteiger partial charge in [-0.3, -0.25) is 10.0 Å². The topological polar surface area (TPSA) is 90.3 Å². The smallest absolute Gasteiger partial charge is 0.310 e. The normalized spacial score (nSPS) is 10.7. The summed E-state index contributed by atoms with van der Waals surface area (Å²) >= 11 is 0. The van der Waals surface area contributed by atoms with Crippen molar-refractivity contribution in [3.8, 4) is 11.1 Å². The first-order chi connectivity index (χ1) is 15.4. The Labute approximate surface area is 187 Å². The molecular formula is C25H28FN3O3. The van der Waals surface area contributed by atoms with E-state index in [1.807, 2.05) is 32.9 Å². The molecule has 3 rings (SSSR count). The second-order valence-corrected chi connectivity index (χ2v) is 6.60. The highest BCUT2D eigenvalue weighted by Crippen LogP contribution is 2.31. The summed E-state index contributed by atoms with van der Waals surface area (Å²) in [4.78, 5) is 14.7. The van der Waals surface area contributed by atoms with Crippen molar-refractivity contribution in [3.63, 3.8) is 0 Å². The van der Waals surface area contributed by atoms with Crippen LogP contribution in [0.4, 0.5) is 4.39 Å². The fourth-order valence-corrected chi connectivity index (χ4v) is 2.96. The van der Waals surface area contributed by atoms with Gasteiger partial charge in [-0.25, -0.2) is 9.87 Å². The summed E-state index contributed by atoms with van der Waals surface area (Å²) in [6.07, 6.45) is 3.59. The summed E-state index contributed by atoms with van der Waals surface area (Å²) in [5.74, 6) is -0.541. The van der Waals surface area contributed by atoms with Gasteiger partial charge in [0.05, 0.1) is 17.9 Å². The van der Waals surface area contributed by atoms with Gasteiger partial charge < -0.3 is 14.7 Å². The number of halogens is 1. The molecule has 0 bridgehead atoms. The molecule has 0 spiro atoms. The number of benzene rings is 1. The lowest BCUT2D eigenvalue weighted by Gasteiger charge is -2.10. The van der Waals surface area contributed by atoms with E-state index < -0.39 is 5.91 Å². The molecule has 0 aliphatic heterocycles. The first kappa shape index (κ1) is 24.4. The van der Waals surface area contributed by atoms with Gasteiger partial charge in [-0.05, 0) is 48.4 Å². The van der Waals surface area contributed by atoms with Crippen LogP contribution in [0.15, 0.2) is 72.2 Å². The number of carbonyl (C=O) groups excluding carboxylic acids is 1. The van der Waals surface area contributed by atoms with Gasteiger partial charge in [-0.15, -0.1) is 0 Å². The summed E-state index contributed by atoms with van der Waals surface area (Å²) in [5.41, 5.74) is 6.42. The number of furan rings is 1. The number of amides is 1. The highest BCUT2D eigenvalue weighted by molar-refractivity contribution is 5.90. The number of nitrogens with one attached hydrogen (secondary N) is 3. The van der Waals surface area contributed by atoms with Crippen molar-refractivity contribution in [1.82, 2.24) is 15.8 Å². The molecule has 0 saturated heterocycles. The zero-order valence-electron chi connectivity index (χ0n) is 18.5. The number of hydrogen-bond acceptors (Lipinski definition) is 4. The number of H-pyrrole nitrogens is 1. The van der Waals surface area contributed by atoms with Crippen molar-refractivity contribution < 1.29 is 18.8 Å². The minimum Gasteiger partial charge on any atom is -0.454 e. The van der Waals surface area contributed by atoms with Crippen LogP contribution in [0.3, 0.4) is 0 Å². The van der Waals surface area contributed by atoms with E-state index >= 15 is 0 Å². The van der Waals surface area contributed by atoms with E-state index in [1.165, 1.54) is 23.7 Å². The highest BCUT2D eigenvalue weighted by atomic mass is 19.1. The first-order valence-corrected chi connectivity index (χ1v) is 10.2. The quantitative estimate of drug-likeness (QED) is 0.200. The molecule has 2 heterocycles. The fraction of sp³-hybridized carbons (Fsp3) is 0.160. The van der Waals surface area contributed by atoms with E-state index in [0.29, 0.717) is 11.5 Å². The zero-order valence-corrected chi connectivity index (χ0v) is 18.5. The van der Waals surface area contributed by atoms with Crippen molar-refractivity contribution >= 4 is 17.2 Å². The van der Waals surface area contributed by atoms with Gasteiger partial charge in [0.2, 0.25) is 0 Å². The van der Waals surface area contributed by atoms with Crippen LogP contribution in [0.5, 0.6) is 0 Å². The third kappa shape index (κ3) is 5.86. The van der Waals surface area contributed by atoms with E-state index in [-0.39, 0.29) is 18.1 Å². The van der Waals surface area contributed by atoms with Crippen molar-refractivity contribution in [2.45, 2.75) is 27.3 Å². The van der Waals surface area contributed by atoms with Crippen molar-refractivity contribution in [2.75, 3.05) is 0 Å². The Morgan fingerprint density at radius 3 is 2.53 bits per heavy atom. The lowest BCUT2D eigenvalue weighted by atomic mass is 10.0. The SMILES string of the molecule is C=C/C=C(\C)c1cc(-c2ccc(F)cc2)c(C(=C)NCc2ccc(C(=O)NO)o2)[nH]1.CC. The van der Waals surface area contributed by atoms with Crippen LogP contribution in [-0.4, -0.2) is 16.1 Å². The molecule has 0 saturated carbocycles. The molecule has 2 aromatic heterocycles. The number of hydroxylamine groups is 1. The van der Waals surface area contributed by atoms with Crippen molar-refractivity contribution in [1.29, 1.82) is 0 Å². The van der Waals surface area contributed by atoms with Gasteiger partial charge in [0, 0.05) is 11.3 Å². The highest BCUT2D eigenvalue weighted by Gasteiger charge is 2.15. The Bertz CT molecular complexity index is 1110. The molecule has 0 unspecified atom stereocenters. The maximum atomic E-state index is 13.4. The number of allylic oxidation sites excluding steroid dienone is 3. The lowest BCUT2D eigenvalue weighted by Crippen LogP contribution is -2.17. The standard InChI is InChI=1S/C23H22FN3O3.C2H6/c1-4-5-14(2)20-12-19(16-6-8-17(24)9-7-16)22(26-20)15(3)25-13-18-10-11-21(30-18)23(28)27-29;1-2/h4-12,25-26,29H,1,3,13H2,2H3,(H,27,28);1-2H3/b14-5+;. The van der Waals surface area contributed by atoms with Crippen LogP contribution in [0.1, 0.15) is 48.5 Å². The van der Waals surface area contributed by atoms with Gasteiger partial charge >= 0.3 is 5.91 Å². The van der Waals surface area contributed by atoms with Gasteiger partial charge in [0.1, 0.15) is 11.6 Å². The predicted molar refractivity (Wildman–Crippen MR) is 125 cm³/mol. The molecule has 6 nitrogen and oxygen atoms in total. The number of aromatic nitrogens is 1. The second kappa shape index (κ2) is 11.5. The summed E-state index contributed by atoms with van der Waals surface area (Å²) in [5, 5.41) is 11.8. The molecule has 7 heteroatoms. The molecule has 0 aliphatic carbocycles.